The molecule has 4 nitrogen and oxygen atoms in total. The lowest BCUT2D eigenvalue weighted by atomic mass is 10.1. The minimum atomic E-state index is -1.65. The number of rotatable bonds is 3. The molecule has 0 saturated carbocycles. The zero-order valence-electron chi connectivity index (χ0n) is 9.95. The van der Waals surface area contributed by atoms with Crippen LogP contribution in [0, 0.1) is 17.5 Å². The highest BCUT2D eigenvalue weighted by Crippen LogP contribution is 2.29. The van der Waals surface area contributed by atoms with Crippen molar-refractivity contribution >= 4 is 23.0 Å². The number of benzene rings is 2. The molecule has 104 valence electrons. The van der Waals surface area contributed by atoms with Crippen LogP contribution in [0.1, 0.15) is 10.4 Å². The Kier molecular flexibility index (Phi) is 3.51. The zero-order valence-corrected chi connectivity index (χ0v) is 9.95. The van der Waals surface area contributed by atoms with Crippen molar-refractivity contribution in [3.8, 4) is 0 Å². The Bertz CT molecular complexity index is 690. The fourth-order valence-electron chi connectivity index (χ4n) is 1.65. The van der Waals surface area contributed by atoms with Crippen LogP contribution in [-0.2, 0) is 0 Å². The highest BCUT2D eigenvalue weighted by Gasteiger charge is 2.17. The van der Waals surface area contributed by atoms with Gasteiger partial charge in [0.25, 0.3) is 0 Å². The smallest absolute Gasteiger partial charge is 0.337 e. The van der Waals surface area contributed by atoms with E-state index >= 15 is 0 Å². The number of carboxylic acids is 1. The molecule has 0 saturated heterocycles. The fourth-order valence-corrected chi connectivity index (χ4v) is 1.65. The van der Waals surface area contributed by atoms with Crippen LogP contribution in [-0.4, -0.2) is 11.1 Å². The summed E-state index contributed by atoms with van der Waals surface area (Å²) >= 11 is 0. The van der Waals surface area contributed by atoms with Gasteiger partial charge in [-0.25, -0.2) is 18.0 Å². The SMILES string of the molecule is Nc1cccc(C(=O)O)c1Nc1ccc(F)c(F)c1F. The highest BCUT2D eigenvalue weighted by atomic mass is 19.2. The average Bonchev–Trinajstić information content (AvgIpc) is 2.41. The number of para-hydroxylation sites is 1. The lowest BCUT2D eigenvalue weighted by Crippen LogP contribution is -2.07. The molecule has 7 heteroatoms. The Morgan fingerprint density at radius 3 is 2.45 bits per heavy atom. The Balaban J connectivity index is 2.51. The predicted octanol–water partition coefficient (Wildman–Crippen LogP) is 3.13. The van der Waals surface area contributed by atoms with E-state index in [4.69, 9.17) is 10.8 Å². The number of nitrogen functional groups attached to an aromatic ring is 1. The Hall–Kier alpha value is -2.70. The molecule has 0 aliphatic rings. The third kappa shape index (κ3) is 2.37. The molecule has 4 N–H and O–H groups in total. The van der Waals surface area contributed by atoms with Gasteiger partial charge in [0.2, 0.25) is 0 Å². The first-order valence-corrected chi connectivity index (χ1v) is 5.44. The van der Waals surface area contributed by atoms with Gasteiger partial charge in [-0.1, -0.05) is 6.07 Å². The van der Waals surface area contributed by atoms with E-state index in [-0.39, 0.29) is 16.9 Å². The van der Waals surface area contributed by atoms with Crippen molar-refractivity contribution in [2.75, 3.05) is 11.1 Å². The van der Waals surface area contributed by atoms with E-state index in [0.29, 0.717) is 0 Å². The molecule has 0 unspecified atom stereocenters. The maximum atomic E-state index is 13.5. The molecule has 2 rings (SSSR count). The van der Waals surface area contributed by atoms with Crippen LogP contribution < -0.4 is 11.1 Å². The Labute approximate surface area is 111 Å². The van der Waals surface area contributed by atoms with Crippen molar-refractivity contribution in [3.05, 3.63) is 53.3 Å². The van der Waals surface area contributed by atoms with Crippen molar-refractivity contribution in [2.24, 2.45) is 0 Å². The highest BCUT2D eigenvalue weighted by molar-refractivity contribution is 5.98. The van der Waals surface area contributed by atoms with Crippen LogP contribution in [0.5, 0.6) is 0 Å². The van der Waals surface area contributed by atoms with Gasteiger partial charge in [-0.15, -0.1) is 0 Å². The fraction of sp³-hybridized carbons (Fsp3) is 0. The van der Waals surface area contributed by atoms with Crippen LogP contribution in [0.4, 0.5) is 30.2 Å². The van der Waals surface area contributed by atoms with Crippen LogP contribution >= 0.6 is 0 Å². The summed E-state index contributed by atoms with van der Waals surface area (Å²) in [6, 6.07) is 5.73. The number of carbonyl (C=O) groups is 1. The van der Waals surface area contributed by atoms with Gasteiger partial charge >= 0.3 is 5.97 Å². The van der Waals surface area contributed by atoms with E-state index in [2.05, 4.69) is 5.32 Å². The first-order chi connectivity index (χ1) is 9.41. The molecule has 2 aromatic carbocycles. The second-order valence-corrected chi connectivity index (χ2v) is 3.92. The third-order valence-corrected chi connectivity index (χ3v) is 2.62. The number of anilines is 3. The lowest BCUT2D eigenvalue weighted by Gasteiger charge is -2.13. The summed E-state index contributed by atoms with van der Waals surface area (Å²) in [5.41, 5.74) is 4.93. The molecule has 2 aromatic rings. The van der Waals surface area contributed by atoms with E-state index in [1.54, 1.807) is 0 Å². The summed E-state index contributed by atoms with van der Waals surface area (Å²) in [6.07, 6.45) is 0. The first-order valence-electron chi connectivity index (χ1n) is 5.44. The molecule has 0 aliphatic carbocycles. The predicted molar refractivity (Wildman–Crippen MR) is 67.4 cm³/mol. The maximum absolute atomic E-state index is 13.5. The summed E-state index contributed by atoms with van der Waals surface area (Å²) in [5, 5.41) is 11.4. The first kappa shape index (κ1) is 13.7. The molecule has 0 atom stereocenters. The van der Waals surface area contributed by atoms with E-state index in [1.807, 2.05) is 0 Å². The van der Waals surface area contributed by atoms with Gasteiger partial charge in [-0.05, 0) is 24.3 Å². The minimum Gasteiger partial charge on any atom is -0.478 e. The summed E-state index contributed by atoms with van der Waals surface area (Å²) in [7, 11) is 0. The molecule has 20 heavy (non-hydrogen) atoms. The largest absolute Gasteiger partial charge is 0.478 e. The number of halogens is 3. The van der Waals surface area contributed by atoms with Crippen molar-refractivity contribution in [1.29, 1.82) is 0 Å². The van der Waals surface area contributed by atoms with E-state index in [1.165, 1.54) is 18.2 Å². The van der Waals surface area contributed by atoms with Gasteiger partial charge in [-0.2, -0.15) is 0 Å². The molecular formula is C13H9F3N2O2. The molecule has 0 amide bonds. The zero-order chi connectivity index (χ0) is 14.9. The van der Waals surface area contributed by atoms with Crippen LogP contribution in [0.2, 0.25) is 0 Å². The Morgan fingerprint density at radius 2 is 1.80 bits per heavy atom. The normalized spacial score (nSPS) is 10.3. The van der Waals surface area contributed by atoms with Gasteiger partial charge in [0.05, 0.1) is 22.6 Å². The number of hydrogen-bond donors (Lipinski definition) is 3. The van der Waals surface area contributed by atoms with Crippen LogP contribution in [0.25, 0.3) is 0 Å². The van der Waals surface area contributed by atoms with Gasteiger partial charge in [0, 0.05) is 0 Å². The van der Waals surface area contributed by atoms with E-state index in [9.17, 15) is 18.0 Å². The maximum Gasteiger partial charge on any atom is 0.337 e. The number of hydrogen-bond acceptors (Lipinski definition) is 3. The summed E-state index contributed by atoms with van der Waals surface area (Å²) in [5.74, 6) is -5.73. The Morgan fingerprint density at radius 1 is 1.10 bits per heavy atom. The summed E-state index contributed by atoms with van der Waals surface area (Å²) in [4.78, 5) is 11.0. The standard InChI is InChI=1S/C13H9F3N2O2/c14-7-4-5-9(11(16)10(7)15)18-12-6(13(19)20)2-1-3-8(12)17/h1-5,18H,17H2,(H,19,20). The molecule has 0 fully saturated rings. The second-order valence-electron chi connectivity index (χ2n) is 3.92. The quantitative estimate of drug-likeness (QED) is 0.597. The van der Waals surface area contributed by atoms with Gasteiger partial charge < -0.3 is 16.2 Å². The second kappa shape index (κ2) is 5.12. The molecular weight excluding hydrogens is 273 g/mol. The summed E-state index contributed by atoms with van der Waals surface area (Å²) in [6.45, 7) is 0. The van der Waals surface area contributed by atoms with E-state index < -0.39 is 29.1 Å². The lowest BCUT2D eigenvalue weighted by molar-refractivity contribution is 0.0698. The number of nitrogens with two attached hydrogens (primary N) is 1. The van der Waals surface area contributed by atoms with Gasteiger partial charge in [0.1, 0.15) is 0 Å². The van der Waals surface area contributed by atoms with Gasteiger partial charge in [0.15, 0.2) is 17.5 Å². The number of aromatic carboxylic acids is 1. The molecule has 0 heterocycles. The summed E-state index contributed by atoms with van der Waals surface area (Å²) < 4.78 is 39.5. The molecule has 0 spiro atoms. The van der Waals surface area contributed by atoms with Crippen molar-refractivity contribution in [2.45, 2.75) is 0 Å². The molecule has 0 aliphatic heterocycles. The molecule has 0 aromatic heterocycles. The van der Waals surface area contributed by atoms with Crippen LogP contribution in [0.15, 0.2) is 30.3 Å². The minimum absolute atomic E-state index is 0.0361. The van der Waals surface area contributed by atoms with Crippen molar-refractivity contribution in [1.82, 2.24) is 0 Å². The number of nitrogens with one attached hydrogen (secondary N) is 1. The van der Waals surface area contributed by atoms with Crippen LogP contribution in [0.3, 0.4) is 0 Å². The number of carboxylic acid groups (broad SMARTS) is 1. The molecule has 0 radical (unpaired) electrons. The average molecular weight is 282 g/mol. The van der Waals surface area contributed by atoms with Crippen molar-refractivity contribution in [3.63, 3.8) is 0 Å². The third-order valence-electron chi connectivity index (χ3n) is 2.62. The molecule has 0 bridgehead atoms. The van der Waals surface area contributed by atoms with Gasteiger partial charge in [-0.3, -0.25) is 0 Å². The monoisotopic (exact) mass is 282 g/mol. The topological polar surface area (TPSA) is 75.4 Å². The van der Waals surface area contributed by atoms with E-state index in [0.717, 1.165) is 12.1 Å². The van der Waals surface area contributed by atoms with Crippen molar-refractivity contribution < 1.29 is 23.1 Å².